The quantitative estimate of drug-likeness (QED) is 0.460. The van der Waals surface area contributed by atoms with E-state index < -0.39 is 46.7 Å². The van der Waals surface area contributed by atoms with Crippen LogP contribution in [0.1, 0.15) is 5.56 Å². The summed E-state index contributed by atoms with van der Waals surface area (Å²) in [7, 11) is 0. The third kappa shape index (κ3) is 4.04. The number of nitrogens with zero attached hydrogens (tertiary/aromatic N) is 1. The Labute approximate surface area is 178 Å². The third-order valence-corrected chi connectivity index (χ3v) is 5.50. The van der Waals surface area contributed by atoms with Crippen LogP contribution in [-0.2, 0) is 9.59 Å². The van der Waals surface area contributed by atoms with Crippen LogP contribution in [-0.4, -0.2) is 28.5 Å². The summed E-state index contributed by atoms with van der Waals surface area (Å²) < 4.78 is 40.1. The summed E-state index contributed by atoms with van der Waals surface area (Å²) in [4.78, 5) is 37.9. The molecule has 156 valence electrons. The lowest BCUT2D eigenvalue weighted by Crippen LogP contribution is -2.36. The minimum atomic E-state index is -1.73. The zero-order valence-electron chi connectivity index (χ0n) is 15.7. The first kappa shape index (κ1) is 20.7. The fourth-order valence-corrected chi connectivity index (χ4v) is 3.94. The van der Waals surface area contributed by atoms with Gasteiger partial charge in [-0.2, -0.15) is 0 Å². The zero-order chi connectivity index (χ0) is 22.1. The Morgan fingerprint density at radius 1 is 0.968 bits per heavy atom. The topological polar surface area (TPSA) is 66.5 Å². The van der Waals surface area contributed by atoms with E-state index in [1.807, 2.05) is 41.7 Å². The molecule has 1 fully saturated rings. The molecule has 0 aliphatic carbocycles. The van der Waals surface area contributed by atoms with Crippen molar-refractivity contribution in [1.82, 2.24) is 4.90 Å². The molecular weight excluding hydrogens is 429 g/mol. The highest BCUT2D eigenvalue weighted by atomic mass is 32.2. The van der Waals surface area contributed by atoms with Crippen molar-refractivity contribution in [2.45, 2.75) is 0 Å². The van der Waals surface area contributed by atoms with E-state index in [9.17, 15) is 27.6 Å². The van der Waals surface area contributed by atoms with E-state index in [0.29, 0.717) is 22.7 Å². The number of halogens is 3. The maximum Gasteiger partial charge on any atom is 0.294 e. The standard InChI is InChI=1S/C22H13F3N2O3S/c23-15-8-9-16(20(25)19(15)24)26-18(28)11-27-21(29)17(31-22(27)30)10-13-6-3-5-12-4-1-2-7-14(12)13/h1-10H,11H2,(H,26,28)/b17-10+. The molecule has 0 aromatic heterocycles. The Hall–Kier alpha value is -3.59. The van der Waals surface area contributed by atoms with Gasteiger partial charge in [0.2, 0.25) is 5.91 Å². The van der Waals surface area contributed by atoms with Gasteiger partial charge in [0.25, 0.3) is 11.1 Å². The van der Waals surface area contributed by atoms with Crippen LogP contribution in [0.5, 0.6) is 0 Å². The Morgan fingerprint density at radius 3 is 2.52 bits per heavy atom. The molecule has 3 amide bonds. The predicted octanol–water partition coefficient (Wildman–Crippen LogP) is 4.93. The maximum atomic E-state index is 13.7. The number of anilines is 1. The van der Waals surface area contributed by atoms with Crippen LogP contribution in [0.4, 0.5) is 23.7 Å². The summed E-state index contributed by atoms with van der Waals surface area (Å²) in [5.74, 6) is -6.32. The number of carbonyl (C=O) groups is 3. The summed E-state index contributed by atoms with van der Waals surface area (Å²) in [6.07, 6.45) is 1.57. The summed E-state index contributed by atoms with van der Waals surface area (Å²) in [6.45, 7) is -0.698. The highest BCUT2D eigenvalue weighted by Crippen LogP contribution is 2.33. The number of rotatable bonds is 4. The number of amides is 3. The monoisotopic (exact) mass is 442 g/mol. The van der Waals surface area contributed by atoms with Gasteiger partial charge in [-0.15, -0.1) is 0 Å². The van der Waals surface area contributed by atoms with Crippen LogP contribution in [0, 0.1) is 17.5 Å². The number of benzene rings is 3. The Bertz CT molecular complexity index is 1270. The lowest BCUT2D eigenvalue weighted by molar-refractivity contribution is -0.127. The molecule has 31 heavy (non-hydrogen) atoms. The average Bonchev–Trinajstić information content (AvgIpc) is 3.02. The van der Waals surface area contributed by atoms with Gasteiger partial charge in [-0.05, 0) is 46.3 Å². The zero-order valence-corrected chi connectivity index (χ0v) is 16.5. The Kier molecular flexibility index (Phi) is 5.51. The van der Waals surface area contributed by atoms with Gasteiger partial charge >= 0.3 is 0 Å². The van der Waals surface area contributed by atoms with Crippen molar-refractivity contribution in [3.05, 3.63) is 82.5 Å². The smallest absolute Gasteiger partial charge is 0.294 e. The van der Waals surface area contributed by atoms with E-state index in [1.54, 1.807) is 12.1 Å². The molecule has 0 saturated carbocycles. The highest BCUT2D eigenvalue weighted by Gasteiger charge is 2.36. The van der Waals surface area contributed by atoms with E-state index in [0.717, 1.165) is 22.4 Å². The molecule has 0 bridgehead atoms. The molecule has 3 aromatic carbocycles. The fourth-order valence-electron chi connectivity index (χ4n) is 3.11. The molecule has 0 spiro atoms. The SMILES string of the molecule is O=C(CN1C(=O)S/C(=C/c2cccc3ccccc23)C1=O)Nc1ccc(F)c(F)c1F. The van der Waals surface area contributed by atoms with E-state index in [1.165, 1.54) is 0 Å². The van der Waals surface area contributed by atoms with E-state index in [2.05, 4.69) is 0 Å². The van der Waals surface area contributed by atoms with Gasteiger partial charge < -0.3 is 5.32 Å². The number of hydrogen-bond acceptors (Lipinski definition) is 4. The molecule has 1 aliphatic rings. The van der Waals surface area contributed by atoms with Crippen LogP contribution in [0.2, 0.25) is 0 Å². The van der Waals surface area contributed by atoms with Crippen LogP contribution in [0.25, 0.3) is 16.8 Å². The van der Waals surface area contributed by atoms with E-state index in [4.69, 9.17) is 0 Å². The number of thioether (sulfide) groups is 1. The average molecular weight is 442 g/mol. The summed E-state index contributed by atoms with van der Waals surface area (Å²) in [5.41, 5.74) is 0.138. The number of imide groups is 1. The second-order valence-electron chi connectivity index (χ2n) is 6.61. The fraction of sp³-hybridized carbons (Fsp3) is 0.0455. The highest BCUT2D eigenvalue weighted by molar-refractivity contribution is 8.18. The van der Waals surface area contributed by atoms with Gasteiger partial charge in [0.15, 0.2) is 17.5 Å². The van der Waals surface area contributed by atoms with Crippen LogP contribution in [0.15, 0.2) is 59.5 Å². The molecule has 0 atom stereocenters. The summed E-state index contributed by atoms with van der Waals surface area (Å²) in [5, 5.41) is 3.22. The number of carbonyl (C=O) groups excluding carboxylic acids is 3. The lowest BCUT2D eigenvalue weighted by Gasteiger charge is -2.13. The number of fused-ring (bicyclic) bond motifs is 1. The van der Waals surface area contributed by atoms with Crippen molar-refractivity contribution in [2.75, 3.05) is 11.9 Å². The molecule has 1 N–H and O–H groups in total. The van der Waals surface area contributed by atoms with Gasteiger partial charge in [-0.3, -0.25) is 19.3 Å². The Balaban J connectivity index is 1.53. The van der Waals surface area contributed by atoms with Gasteiger partial charge in [0.05, 0.1) is 10.6 Å². The lowest BCUT2D eigenvalue weighted by atomic mass is 10.0. The molecular formula is C22H13F3N2O3S. The first-order valence-electron chi connectivity index (χ1n) is 9.01. The molecule has 5 nitrogen and oxygen atoms in total. The number of nitrogens with one attached hydrogen (secondary N) is 1. The second-order valence-corrected chi connectivity index (χ2v) is 7.60. The van der Waals surface area contributed by atoms with Crippen LogP contribution >= 0.6 is 11.8 Å². The van der Waals surface area contributed by atoms with Crippen molar-refractivity contribution >= 4 is 51.4 Å². The first-order chi connectivity index (χ1) is 14.8. The third-order valence-electron chi connectivity index (χ3n) is 4.59. The summed E-state index contributed by atoms with van der Waals surface area (Å²) in [6, 6.07) is 14.6. The minimum Gasteiger partial charge on any atom is -0.322 e. The molecule has 1 heterocycles. The van der Waals surface area contributed by atoms with Crippen LogP contribution in [0.3, 0.4) is 0 Å². The molecule has 4 rings (SSSR count). The van der Waals surface area contributed by atoms with Gasteiger partial charge in [-0.25, -0.2) is 13.2 Å². The first-order valence-corrected chi connectivity index (χ1v) is 9.83. The van der Waals surface area contributed by atoms with Crippen molar-refractivity contribution in [2.24, 2.45) is 0 Å². The molecule has 1 aliphatic heterocycles. The largest absolute Gasteiger partial charge is 0.322 e. The van der Waals surface area contributed by atoms with Gasteiger partial charge in [0, 0.05) is 0 Å². The molecule has 1 saturated heterocycles. The molecule has 0 radical (unpaired) electrons. The minimum absolute atomic E-state index is 0.133. The maximum absolute atomic E-state index is 13.7. The normalized spacial score (nSPS) is 15.2. The Morgan fingerprint density at radius 2 is 1.71 bits per heavy atom. The molecule has 0 unspecified atom stereocenters. The number of hydrogen-bond donors (Lipinski definition) is 1. The van der Waals surface area contributed by atoms with Crippen molar-refractivity contribution in [3.8, 4) is 0 Å². The van der Waals surface area contributed by atoms with E-state index >= 15 is 0 Å². The van der Waals surface area contributed by atoms with Gasteiger partial charge in [-0.1, -0.05) is 42.5 Å². The summed E-state index contributed by atoms with van der Waals surface area (Å²) >= 11 is 0.676. The van der Waals surface area contributed by atoms with Crippen molar-refractivity contribution in [1.29, 1.82) is 0 Å². The predicted molar refractivity (Wildman–Crippen MR) is 112 cm³/mol. The molecule has 3 aromatic rings. The second kappa shape index (κ2) is 8.27. The van der Waals surface area contributed by atoms with Gasteiger partial charge in [0.1, 0.15) is 6.54 Å². The molecule has 9 heteroatoms. The van der Waals surface area contributed by atoms with Crippen molar-refractivity contribution < 1.29 is 27.6 Å². The van der Waals surface area contributed by atoms with Crippen LogP contribution < -0.4 is 5.32 Å². The van der Waals surface area contributed by atoms with Crippen molar-refractivity contribution in [3.63, 3.8) is 0 Å². The van der Waals surface area contributed by atoms with E-state index in [-0.39, 0.29) is 4.91 Å².